The highest BCUT2D eigenvalue weighted by Crippen LogP contribution is 2.15. The lowest BCUT2D eigenvalue weighted by Crippen LogP contribution is -2.44. The van der Waals surface area contributed by atoms with Crippen LogP contribution in [0.4, 0.5) is 0 Å². The summed E-state index contributed by atoms with van der Waals surface area (Å²) >= 11 is 1.73. The number of nitriles is 1. The summed E-state index contributed by atoms with van der Waals surface area (Å²) in [5.74, 6) is 1.73. The van der Waals surface area contributed by atoms with Gasteiger partial charge in [-0.05, 0) is 0 Å². The van der Waals surface area contributed by atoms with Crippen molar-refractivity contribution >= 4 is 17.7 Å². The van der Waals surface area contributed by atoms with Crippen LogP contribution < -0.4 is 0 Å². The van der Waals surface area contributed by atoms with Gasteiger partial charge in [-0.3, -0.25) is 4.79 Å². The molecule has 3 nitrogen and oxygen atoms in total. The first-order chi connectivity index (χ1) is 5.25. The molecule has 1 heterocycles. The van der Waals surface area contributed by atoms with Crippen molar-refractivity contribution in [3.8, 4) is 6.07 Å². The standard InChI is InChI=1S/C7H10N2OS/c1-6(10)9-2-3-11-5-7(9)4-8/h7H,2-3,5H2,1H3. The van der Waals surface area contributed by atoms with Gasteiger partial charge in [0.15, 0.2) is 0 Å². The molecule has 1 rings (SSSR count). The normalized spacial score (nSPS) is 24.4. The van der Waals surface area contributed by atoms with Crippen molar-refractivity contribution in [2.24, 2.45) is 0 Å². The SMILES string of the molecule is CC(=O)N1CCSCC1C#N. The van der Waals surface area contributed by atoms with Crippen molar-refractivity contribution in [3.63, 3.8) is 0 Å². The zero-order valence-electron chi connectivity index (χ0n) is 6.41. The molecular weight excluding hydrogens is 160 g/mol. The van der Waals surface area contributed by atoms with Gasteiger partial charge in [-0.15, -0.1) is 0 Å². The third-order valence-corrected chi connectivity index (χ3v) is 2.70. The number of thioether (sulfide) groups is 1. The summed E-state index contributed by atoms with van der Waals surface area (Å²) in [5, 5.41) is 8.65. The lowest BCUT2D eigenvalue weighted by atomic mass is 10.3. The number of carbonyl (C=O) groups excluding carboxylic acids is 1. The van der Waals surface area contributed by atoms with Crippen LogP contribution in [0.15, 0.2) is 0 Å². The monoisotopic (exact) mass is 170 g/mol. The summed E-state index contributed by atoms with van der Waals surface area (Å²) in [6, 6.07) is 1.92. The number of carbonyl (C=O) groups is 1. The average Bonchev–Trinajstić information content (AvgIpc) is 2.04. The Hall–Kier alpha value is -0.690. The Morgan fingerprint density at radius 2 is 2.55 bits per heavy atom. The molecule has 0 aromatic rings. The van der Waals surface area contributed by atoms with Gasteiger partial charge in [0.05, 0.1) is 6.07 Å². The Bertz CT molecular complexity index is 199. The fraction of sp³-hybridized carbons (Fsp3) is 0.714. The molecule has 1 unspecified atom stereocenters. The van der Waals surface area contributed by atoms with Crippen LogP contribution in [0.5, 0.6) is 0 Å². The Morgan fingerprint density at radius 3 is 3.00 bits per heavy atom. The molecule has 0 aromatic carbocycles. The predicted molar refractivity (Wildman–Crippen MR) is 44.1 cm³/mol. The Balaban J connectivity index is 2.60. The summed E-state index contributed by atoms with van der Waals surface area (Å²) in [5.41, 5.74) is 0. The van der Waals surface area contributed by atoms with E-state index in [0.717, 1.165) is 18.1 Å². The molecule has 1 amide bonds. The van der Waals surface area contributed by atoms with Gasteiger partial charge in [0.2, 0.25) is 5.91 Å². The number of hydrogen-bond acceptors (Lipinski definition) is 3. The van der Waals surface area contributed by atoms with Crippen molar-refractivity contribution in [1.82, 2.24) is 4.90 Å². The molecule has 0 spiro atoms. The first-order valence-corrected chi connectivity index (χ1v) is 4.65. The van der Waals surface area contributed by atoms with Gasteiger partial charge >= 0.3 is 0 Å². The average molecular weight is 170 g/mol. The van der Waals surface area contributed by atoms with E-state index in [2.05, 4.69) is 6.07 Å². The molecule has 11 heavy (non-hydrogen) atoms. The number of amides is 1. The minimum Gasteiger partial charge on any atom is -0.325 e. The van der Waals surface area contributed by atoms with Crippen LogP contribution in [0.25, 0.3) is 0 Å². The van der Waals surface area contributed by atoms with E-state index in [0.29, 0.717) is 0 Å². The maximum atomic E-state index is 10.9. The maximum absolute atomic E-state index is 10.9. The van der Waals surface area contributed by atoms with E-state index in [1.807, 2.05) is 0 Å². The molecule has 1 aliphatic rings. The van der Waals surface area contributed by atoms with Crippen LogP contribution in [0.2, 0.25) is 0 Å². The third kappa shape index (κ3) is 1.87. The third-order valence-electron chi connectivity index (χ3n) is 1.68. The number of hydrogen-bond donors (Lipinski definition) is 0. The summed E-state index contributed by atoms with van der Waals surface area (Å²) in [6.45, 7) is 2.23. The zero-order valence-corrected chi connectivity index (χ0v) is 7.23. The summed E-state index contributed by atoms with van der Waals surface area (Å²) in [4.78, 5) is 12.6. The molecule has 0 saturated carbocycles. The fourth-order valence-corrected chi connectivity index (χ4v) is 2.06. The summed E-state index contributed by atoms with van der Waals surface area (Å²) in [7, 11) is 0. The highest BCUT2D eigenvalue weighted by Gasteiger charge is 2.23. The van der Waals surface area contributed by atoms with Gasteiger partial charge in [0.25, 0.3) is 0 Å². The van der Waals surface area contributed by atoms with Crippen LogP contribution in [-0.4, -0.2) is 34.9 Å². The van der Waals surface area contributed by atoms with Gasteiger partial charge in [-0.1, -0.05) is 0 Å². The lowest BCUT2D eigenvalue weighted by molar-refractivity contribution is -0.129. The van der Waals surface area contributed by atoms with Crippen molar-refractivity contribution in [2.75, 3.05) is 18.1 Å². The molecule has 1 aliphatic heterocycles. The van der Waals surface area contributed by atoms with Crippen molar-refractivity contribution in [3.05, 3.63) is 0 Å². The molecule has 0 aliphatic carbocycles. The van der Waals surface area contributed by atoms with Crippen LogP contribution in [-0.2, 0) is 4.79 Å². The Labute approximate surface area is 70.4 Å². The van der Waals surface area contributed by atoms with Crippen LogP contribution in [0, 0.1) is 11.3 Å². The second-order valence-corrected chi connectivity index (χ2v) is 3.58. The molecule has 0 aromatic heterocycles. The van der Waals surface area contributed by atoms with Crippen molar-refractivity contribution < 1.29 is 4.79 Å². The van der Waals surface area contributed by atoms with Gasteiger partial charge < -0.3 is 4.90 Å². The zero-order chi connectivity index (χ0) is 8.27. The van der Waals surface area contributed by atoms with Crippen molar-refractivity contribution in [1.29, 1.82) is 5.26 Å². The van der Waals surface area contributed by atoms with Gasteiger partial charge in [-0.25, -0.2) is 0 Å². The molecular formula is C7H10N2OS. The fourth-order valence-electron chi connectivity index (χ4n) is 1.09. The van der Waals surface area contributed by atoms with E-state index in [-0.39, 0.29) is 11.9 Å². The second-order valence-electron chi connectivity index (χ2n) is 2.43. The molecule has 1 atom stereocenters. The molecule has 0 bridgehead atoms. The van der Waals surface area contributed by atoms with Gasteiger partial charge in [0.1, 0.15) is 6.04 Å². The van der Waals surface area contributed by atoms with Gasteiger partial charge in [-0.2, -0.15) is 17.0 Å². The first kappa shape index (κ1) is 8.41. The molecule has 0 N–H and O–H groups in total. The smallest absolute Gasteiger partial charge is 0.220 e. The molecule has 1 fully saturated rings. The lowest BCUT2D eigenvalue weighted by Gasteiger charge is -2.29. The predicted octanol–water partition coefficient (Wildman–Crippen LogP) is 0.474. The van der Waals surface area contributed by atoms with E-state index in [1.54, 1.807) is 16.7 Å². The maximum Gasteiger partial charge on any atom is 0.220 e. The minimum absolute atomic E-state index is 0.0110. The molecule has 0 radical (unpaired) electrons. The molecule has 60 valence electrons. The van der Waals surface area contributed by atoms with Crippen LogP contribution in [0.1, 0.15) is 6.92 Å². The minimum atomic E-state index is -0.203. The van der Waals surface area contributed by atoms with Gasteiger partial charge in [0, 0.05) is 25.0 Å². The molecule has 1 saturated heterocycles. The second kappa shape index (κ2) is 3.63. The first-order valence-electron chi connectivity index (χ1n) is 3.50. The van der Waals surface area contributed by atoms with Crippen LogP contribution >= 0.6 is 11.8 Å². The highest BCUT2D eigenvalue weighted by molar-refractivity contribution is 7.99. The van der Waals surface area contributed by atoms with Crippen LogP contribution in [0.3, 0.4) is 0 Å². The topological polar surface area (TPSA) is 44.1 Å². The Kier molecular flexibility index (Phi) is 2.77. The van der Waals surface area contributed by atoms with E-state index >= 15 is 0 Å². The van der Waals surface area contributed by atoms with Crippen molar-refractivity contribution in [2.45, 2.75) is 13.0 Å². The van der Waals surface area contributed by atoms with E-state index < -0.39 is 0 Å². The van der Waals surface area contributed by atoms with E-state index in [9.17, 15) is 4.79 Å². The largest absolute Gasteiger partial charge is 0.325 e. The van der Waals surface area contributed by atoms with E-state index in [1.165, 1.54) is 6.92 Å². The Morgan fingerprint density at radius 1 is 1.82 bits per heavy atom. The molecule has 4 heteroatoms. The summed E-state index contributed by atoms with van der Waals surface area (Å²) < 4.78 is 0. The quantitative estimate of drug-likeness (QED) is 0.531. The van der Waals surface area contributed by atoms with E-state index in [4.69, 9.17) is 5.26 Å². The number of rotatable bonds is 0. The number of nitrogens with zero attached hydrogens (tertiary/aromatic N) is 2. The summed E-state index contributed by atoms with van der Waals surface area (Å²) in [6.07, 6.45) is 0. The highest BCUT2D eigenvalue weighted by atomic mass is 32.2.